The molecule has 0 spiro atoms. The molecule has 4 heteroatoms. The summed E-state index contributed by atoms with van der Waals surface area (Å²) in [4.78, 5) is 0. The molecule has 0 bridgehead atoms. The monoisotopic (exact) mass is 129 g/mol. The Morgan fingerprint density at radius 3 is 2.62 bits per heavy atom. The predicted octanol–water partition coefficient (Wildman–Crippen LogP) is 1.11. The summed E-state index contributed by atoms with van der Waals surface area (Å²) >= 11 is 4.77. The van der Waals surface area contributed by atoms with Crippen molar-refractivity contribution >= 4 is 18.0 Å². The van der Waals surface area contributed by atoms with E-state index in [9.17, 15) is 0 Å². The van der Waals surface area contributed by atoms with Crippen LogP contribution in [0.2, 0.25) is 0 Å². The van der Waals surface area contributed by atoms with E-state index < -0.39 is 0 Å². The maximum Gasteiger partial charge on any atom is 0.121 e. The van der Waals surface area contributed by atoms with Gasteiger partial charge in [0.05, 0.1) is 0 Å². The van der Waals surface area contributed by atoms with Crippen LogP contribution in [0.4, 0.5) is 5.82 Å². The van der Waals surface area contributed by atoms with Crippen LogP contribution in [-0.2, 0) is 0 Å². The zero-order chi connectivity index (χ0) is 5.98. The predicted molar refractivity (Wildman–Crippen MR) is 35.5 cm³/mol. The molecule has 0 aliphatic rings. The summed E-state index contributed by atoms with van der Waals surface area (Å²) < 4.78 is 0.717. The molecule has 0 amide bonds. The summed E-state index contributed by atoms with van der Waals surface area (Å²) in [5.74, 6) is 0.912. The Labute approximate surface area is 52.1 Å². The first-order chi connectivity index (χ1) is 3.83. The van der Waals surface area contributed by atoms with E-state index in [1.807, 2.05) is 13.1 Å². The molecule has 0 fully saturated rings. The van der Waals surface area contributed by atoms with Crippen LogP contribution < -0.4 is 5.32 Å². The van der Waals surface area contributed by atoms with E-state index in [0.29, 0.717) is 4.64 Å². The van der Waals surface area contributed by atoms with Gasteiger partial charge in [-0.25, -0.2) is 0 Å². The van der Waals surface area contributed by atoms with Crippen LogP contribution in [0.1, 0.15) is 0 Å². The van der Waals surface area contributed by atoms with Gasteiger partial charge in [-0.15, -0.1) is 0 Å². The van der Waals surface area contributed by atoms with E-state index in [1.165, 1.54) is 0 Å². The Kier molecular flexibility index (Phi) is 1.34. The van der Waals surface area contributed by atoms with Gasteiger partial charge in [0.2, 0.25) is 0 Å². The average molecular weight is 129 g/mol. The highest BCUT2D eigenvalue weighted by Gasteiger charge is 1.83. The second-order valence-electron chi connectivity index (χ2n) is 1.42. The molecule has 1 heterocycles. The highest BCUT2D eigenvalue weighted by molar-refractivity contribution is 7.71. The largest absolute Gasteiger partial charge is 0.374 e. The Bertz CT molecular complexity index is 211. The van der Waals surface area contributed by atoms with Crippen molar-refractivity contribution in [3.8, 4) is 0 Å². The molecule has 0 atom stereocenters. The van der Waals surface area contributed by atoms with Gasteiger partial charge in [-0.05, 0) is 0 Å². The molecule has 1 aromatic heterocycles. The van der Waals surface area contributed by atoms with Crippen molar-refractivity contribution in [2.75, 3.05) is 12.4 Å². The van der Waals surface area contributed by atoms with Crippen molar-refractivity contribution in [1.29, 1.82) is 0 Å². The zero-order valence-electron chi connectivity index (χ0n) is 4.49. The number of rotatable bonds is 1. The third-order valence-electron chi connectivity index (χ3n) is 0.865. The molecule has 0 saturated heterocycles. The lowest BCUT2D eigenvalue weighted by Crippen LogP contribution is -1.85. The van der Waals surface area contributed by atoms with Gasteiger partial charge in [0, 0.05) is 13.1 Å². The van der Waals surface area contributed by atoms with Gasteiger partial charge in [-0.1, -0.05) is 12.2 Å². The van der Waals surface area contributed by atoms with E-state index >= 15 is 0 Å². The minimum atomic E-state index is 0.717. The zero-order valence-corrected chi connectivity index (χ0v) is 5.30. The minimum Gasteiger partial charge on any atom is -0.374 e. The van der Waals surface area contributed by atoms with E-state index in [2.05, 4.69) is 15.5 Å². The van der Waals surface area contributed by atoms with Crippen molar-refractivity contribution in [3.63, 3.8) is 0 Å². The lowest BCUT2D eigenvalue weighted by atomic mass is 10.6. The first-order valence-corrected chi connectivity index (χ1v) is 2.69. The fourth-order valence-corrected chi connectivity index (χ4v) is 0.636. The third-order valence-corrected chi connectivity index (χ3v) is 1.09. The third kappa shape index (κ3) is 0.894. The highest BCUT2D eigenvalue weighted by atomic mass is 32.1. The van der Waals surface area contributed by atoms with Crippen molar-refractivity contribution < 1.29 is 0 Å². The quantitative estimate of drug-likeness (QED) is 0.497. The molecule has 0 aromatic carbocycles. The van der Waals surface area contributed by atoms with Crippen LogP contribution in [0.3, 0.4) is 0 Å². The van der Waals surface area contributed by atoms with Gasteiger partial charge in [-0.2, -0.15) is 0 Å². The van der Waals surface area contributed by atoms with Crippen molar-refractivity contribution in [2.24, 2.45) is 0 Å². The van der Waals surface area contributed by atoms with Crippen molar-refractivity contribution in [1.82, 2.24) is 10.2 Å². The number of hydrogen-bond acceptors (Lipinski definition) is 2. The Morgan fingerprint density at radius 1 is 1.62 bits per heavy atom. The Balaban J connectivity index is 3.01. The molecule has 0 unspecified atom stereocenters. The van der Waals surface area contributed by atoms with Gasteiger partial charge in [0.1, 0.15) is 10.5 Å². The van der Waals surface area contributed by atoms with Crippen LogP contribution in [0.15, 0.2) is 6.07 Å². The molecule has 3 nitrogen and oxygen atoms in total. The number of aromatic nitrogens is 2. The van der Waals surface area contributed by atoms with Crippen molar-refractivity contribution in [2.45, 2.75) is 0 Å². The normalized spacial score (nSPS) is 9.12. The first kappa shape index (κ1) is 5.37. The molecule has 1 aromatic rings. The number of anilines is 1. The second-order valence-corrected chi connectivity index (χ2v) is 1.86. The lowest BCUT2D eigenvalue weighted by molar-refractivity contribution is 1.08. The summed E-state index contributed by atoms with van der Waals surface area (Å²) in [6.07, 6.45) is 0. The summed E-state index contributed by atoms with van der Waals surface area (Å²) in [6.45, 7) is 0. The van der Waals surface area contributed by atoms with Gasteiger partial charge in [-0.3, -0.25) is 10.2 Å². The molecule has 0 saturated carbocycles. The van der Waals surface area contributed by atoms with E-state index in [0.717, 1.165) is 5.82 Å². The van der Waals surface area contributed by atoms with Gasteiger partial charge < -0.3 is 5.32 Å². The van der Waals surface area contributed by atoms with E-state index in [1.54, 1.807) is 0 Å². The maximum atomic E-state index is 4.77. The fourth-order valence-electron chi connectivity index (χ4n) is 0.467. The number of hydrogen-bond donors (Lipinski definition) is 3. The van der Waals surface area contributed by atoms with Gasteiger partial charge in [0.25, 0.3) is 0 Å². The second kappa shape index (κ2) is 2.00. The molecule has 44 valence electrons. The first-order valence-electron chi connectivity index (χ1n) is 2.28. The van der Waals surface area contributed by atoms with Crippen LogP contribution in [-0.4, -0.2) is 17.2 Å². The SMILES string of the molecule is CNc1cc(=S)[nH][nH]1. The molecule has 0 aliphatic carbocycles. The molecular weight excluding hydrogens is 122 g/mol. The van der Waals surface area contributed by atoms with E-state index in [-0.39, 0.29) is 0 Å². The van der Waals surface area contributed by atoms with Gasteiger partial charge >= 0.3 is 0 Å². The molecule has 0 radical (unpaired) electrons. The number of H-pyrrole nitrogens is 2. The molecular formula is C4H7N3S. The highest BCUT2D eigenvalue weighted by Crippen LogP contribution is 1.97. The molecule has 0 aliphatic heterocycles. The number of aromatic amines is 2. The summed E-state index contributed by atoms with van der Waals surface area (Å²) in [7, 11) is 1.83. The molecule has 3 N–H and O–H groups in total. The molecule has 1 rings (SSSR count). The van der Waals surface area contributed by atoms with Gasteiger partial charge in [0.15, 0.2) is 0 Å². The Hall–Kier alpha value is -0.770. The summed E-state index contributed by atoms with van der Waals surface area (Å²) in [5.41, 5.74) is 0. The van der Waals surface area contributed by atoms with Crippen LogP contribution >= 0.6 is 12.2 Å². The summed E-state index contributed by atoms with van der Waals surface area (Å²) in [5, 5.41) is 8.46. The topological polar surface area (TPSA) is 43.6 Å². The number of nitrogens with one attached hydrogen (secondary N) is 3. The molecule has 8 heavy (non-hydrogen) atoms. The standard InChI is InChI=1S/C4H7N3S/c1-5-3-2-4(8)7-6-3/h2H,1H3,(H3,5,6,7,8). The summed E-state index contributed by atoms with van der Waals surface area (Å²) in [6, 6.07) is 1.81. The Morgan fingerprint density at radius 2 is 2.38 bits per heavy atom. The van der Waals surface area contributed by atoms with Crippen LogP contribution in [0.25, 0.3) is 0 Å². The van der Waals surface area contributed by atoms with E-state index in [4.69, 9.17) is 12.2 Å². The van der Waals surface area contributed by atoms with Crippen molar-refractivity contribution in [3.05, 3.63) is 10.7 Å². The van der Waals surface area contributed by atoms with Crippen LogP contribution in [0.5, 0.6) is 0 Å². The smallest absolute Gasteiger partial charge is 0.121 e. The minimum absolute atomic E-state index is 0.717. The average Bonchev–Trinajstić information content (AvgIpc) is 2.14. The fraction of sp³-hybridized carbons (Fsp3) is 0.250. The maximum absolute atomic E-state index is 4.77. The van der Waals surface area contributed by atoms with Crippen LogP contribution in [0, 0.1) is 4.64 Å². The lowest BCUT2D eigenvalue weighted by Gasteiger charge is -1.86.